The molecule has 0 bridgehead atoms. The van der Waals surface area contributed by atoms with E-state index in [-0.39, 0.29) is 11.8 Å². The van der Waals surface area contributed by atoms with Gasteiger partial charge in [-0.1, -0.05) is 25.4 Å². The highest BCUT2D eigenvalue weighted by atomic mass is 35.5. The van der Waals surface area contributed by atoms with Gasteiger partial charge in [0.25, 0.3) is 11.8 Å². The van der Waals surface area contributed by atoms with Crippen LogP contribution in [0.1, 0.15) is 29.9 Å². The normalized spacial score (nSPS) is 18.8. The van der Waals surface area contributed by atoms with Crippen LogP contribution in [-0.2, 0) is 16.1 Å². The van der Waals surface area contributed by atoms with Gasteiger partial charge in [-0.15, -0.1) is 0 Å². The van der Waals surface area contributed by atoms with E-state index in [1.165, 1.54) is 4.90 Å². The molecule has 2 aliphatic rings. The zero-order chi connectivity index (χ0) is 20.3. The molecule has 1 aromatic rings. The number of aryl methyl sites for hydroxylation is 1. The average molecular weight is 413 g/mol. The zero-order valence-corrected chi connectivity index (χ0v) is 17.8. The molecule has 0 aromatic carbocycles. The van der Waals surface area contributed by atoms with Crippen molar-refractivity contribution in [2.45, 2.75) is 27.3 Å². The number of aromatic nitrogens is 2. The molecule has 156 valence electrons. The Bertz CT molecular complexity index is 707. The Kier molecular flexibility index (Phi) is 6.95. The van der Waals surface area contributed by atoms with E-state index in [2.05, 4.69) is 18.9 Å². The molecule has 0 unspecified atom stereocenters. The number of morpholine rings is 1. The molecule has 3 heterocycles. The Balaban J connectivity index is 1.55. The monoisotopic (exact) mass is 412 g/mol. The number of carbonyl (C=O) groups is 2. The largest absolute Gasteiger partial charge is 0.378 e. The number of hydrogen-bond donors (Lipinski definition) is 1. The first-order valence-electron chi connectivity index (χ1n) is 10.1. The number of nitrogens with one attached hydrogen (secondary N) is 1. The second kappa shape index (κ2) is 9.24. The lowest BCUT2D eigenvalue weighted by Crippen LogP contribution is -3.15. The topological polar surface area (TPSA) is 72.1 Å². The molecular formula is C19H31ClN5O3+. The summed E-state index contributed by atoms with van der Waals surface area (Å²) in [5.74, 6) is 0.513. The summed E-state index contributed by atoms with van der Waals surface area (Å²) < 4.78 is 7.02. The van der Waals surface area contributed by atoms with Gasteiger partial charge in [0.15, 0.2) is 6.54 Å². The van der Waals surface area contributed by atoms with Gasteiger partial charge in [0.2, 0.25) is 0 Å². The third-order valence-corrected chi connectivity index (χ3v) is 5.72. The van der Waals surface area contributed by atoms with E-state index < -0.39 is 0 Å². The first-order chi connectivity index (χ1) is 13.4. The number of nitrogens with zero attached hydrogens (tertiary/aromatic N) is 4. The van der Waals surface area contributed by atoms with Crippen molar-refractivity contribution >= 4 is 23.4 Å². The first kappa shape index (κ1) is 21.1. The first-order valence-corrected chi connectivity index (χ1v) is 10.5. The summed E-state index contributed by atoms with van der Waals surface area (Å²) in [7, 11) is 0. The minimum Gasteiger partial charge on any atom is -0.378 e. The number of ether oxygens (including phenoxy) is 1. The maximum absolute atomic E-state index is 13.0. The molecular weight excluding hydrogens is 382 g/mol. The van der Waals surface area contributed by atoms with Gasteiger partial charge in [-0.25, -0.2) is 0 Å². The number of quaternary nitrogens is 1. The third-order valence-electron chi connectivity index (χ3n) is 5.34. The number of rotatable bonds is 5. The van der Waals surface area contributed by atoms with E-state index in [4.69, 9.17) is 16.3 Å². The standard InChI is InChI=1S/C19H30ClN5O3/c1-14(2)12-25-18(20)17(15(3)21-25)19(27)24-6-4-22(5-7-24)13-16(26)23-8-10-28-11-9-23/h14H,4-13H2,1-3H3/p+1. The number of halogens is 1. The third kappa shape index (κ3) is 4.85. The van der Waals surface area contributed by atoms with Crippen LogP contribution in [0.4, 0.5) is 0 Å². The predicted octanol–water partition coefficient (Wildman–Crippen LogP) is -0.300. The van der Waals surface area contributed by atoms with Crippen LogP contribution >= 0.6 is 11.6 Å². The van der Waals surface area contributed by atoms with E-state index in [1.807, 2.05) is 16.7 Å². The van der Waals surface area contributed by atoms with E-state index in [9.17, 15) is 9.59 Å². The maximum atomic E-state index is 13.0. The van der Waals surface area contributed by atoms with Crippen molar-refractivity contribution in [2.24, 2.45) is 5.92 Å². The number of carbonyl (C=O) groups excluding carboxylic acids is 2. The minimum atomic E-state index is -0.0592. The molecule has 9 heteroatoms. The molecule has 0 spiro atoms. The van der Waals surface area contributed by atoms with Crippen molar-refractivity contribution in [3.05, 3.63) is 16.4 Å². The quantitative estimate of drug-likeness (QED) is 0.720. The molecule has 0 saturated carbocycles. The van der Waals surface area contributed by atoms with Gasteiger partial charge in [-0.3, -0.25) is 14.3 Å². The van der Waals surface area contributed by atoms with E-state index in [0.717, 1.165) is 13.1 Å². The molecule has 1 N–H and O–H groups in total. The van der Waals surface area contributed by atoms with E-state index >= 15 is 0 Å². The number of hydrogen-bond acceptors (Lipinski definition) is 4. The van der Waals surface area contributed by atoms with Crippen molar-refractivity contribution in [1.29, 1.82) is 0 Å². The second-order valence-electron chi connectivity index (χ2n) is 8.04. The van der Waals surface area contributed by atoms with Crippen LogP contribution in [0, 0.1) is 12.8 Å². The van der Waals surface area contributed by atoms with Gasteiger partial charge < -0.3 is 19.4 Å². The summed E-state index contributed by atoms with van der Waals surface area (Å²) in [6, 6.07) is 0. The molecule has 0 atom stereocenters. The summed E-state index contributed by atoms with van der Waals surface area (Å²) in [5, 5.41) is 4.87. The van der Waals surface area contributed by atoms with E-state index in [1.54, 1.807) is 4.68 Å². The van der Waals surface area contributed by atoms with Crippen LogP contribution in [0.2, 0.25) is 5.15 Å². The maximum Gasteiger partial charge on any atom is 0.277 e. The number of amides is 2. The zero-order valence-electron chi connectivity index (χ0n) is 17.0. The fourth-order valence-electron chi connectivity index (χ4n) is 3.76. The van der Waals surface area contributed by atoms with Crippen molar-refractivity contribution in [3.63, 3.8) is 0 Å². The molecule has 28 heavy (non-hydrogen) atoms. The summed E-state index contributed by atoms with van der Waals surface area (Å²) in [4.78, 5) is 30.4. The molecule has 2 saturated heterocycles. The molecule has 2 amide bonds. The van der Waals surface area contributed by atoms with Crippen LogP contribution in [0.5, 0.6) is 0 Å². The van der Waals surface area contributed by atoms with Crippen LogP contribution in [0.25, 0.3) is 0 Å². The Morgan fingerprint density at radius 2 is 1.79 bits per heavy atom. The lowest BCUT2D eigenvalue weighted by Gasteiger charge is -2.33. The van der Waals surface area contributed by atoms with Crippen LogP contribution in [-0.4, -0.2) is 90.4 Å². The number of piperazine rings is 1. The van der Waals surface area contributed by atoms with Gasteiger partial charge in [0, 0.05) is 19.6 Å². The summed E-state index contributed by atoms with van der Waals surface area (Å²) in [6.45, 7) is 12.5. The smallest absolute Gasteiger partial charge is 0.277 e. The van der Waals surface area contributed by atoms with Gasteiger partial charge >= 0.3 is 0 Å². The second-order valence-corrected chi connectivity index (χ2v) is 8.40. The Hall–Kier alpha value is -1.64. The fraction of sp³-hybridized carbons (Fsp3) is 0.737. The minimum absolute atomic E-state index is 0.0592. The van der Waals surface area contributed by atoms with Crippen LogP contribution in [0.3, 0.4) is 0 Å². The van der Waals surface area contributed by atoms with Crippen molar-refractivity contribution in [2.75, 3.05) is 59.0 Å². The molecule has 0 aliphatic carbocycles. The highest BCUT2D eigenvalue weighted by molar-refractivity contribution is 6.33. The Labute approximate surface area is 171 Å². The van der Waals surface area contributed by atoms with Crippen LogP contribution in [0.15, 0.2) is 0 Å². The summed E-state index contributed by atoms with van der Waals surface area (Å²) in [5.41, 5.74) is 1.18. The molecule has 2 fully saturated rings. The Morgan fingerprint density at radius 1 is 1.14 bits per heavy atom. The lowest BCUT2D eigenvalue weighted by atomic mass is 10.2. The van der Waals surface area contributed by atoms with Crippen molar-refractivity contribution < 1.29 is 19.2 Å². The van der Waals surface area contributed by atoms with Crippen molar-refractivity contribution in [3.8, 4) is 0 Å². The Morgan fingerprint density at radius 3 is 2.39 bits per heavy atom. The fourth-order valence-corrected chi connectivity index (χ4v) is 4.09. The van der Waals surface area contributed by atoms with Crippen LogP contribution < -0.4 is 4.90 Å². The highest BCUT2D eigenvalue weighted by Crippen LogP contribution is 2.22. The average Bonchev–Trinajstić information content (AvgIpc) is 2.95. The van der Waals surface area contributed by atoms with Gasteiger partial charge in [0.1, 0.15) is 5.15 Å². The van der Waals surface area contributed by atoms with E-state index in [0.29, 0.717) is 74.8 Å². The summed E-state index contributed by atoms with van der Waals surface area (Å²) >= 11 is 6.46. The van der Waals surface area contributed by atoms with Gasteiger partial charge in [-0.2, -0.15) is 5.10 Å². The van der Waals surface area contributed by atoms with Gasteiger partial charge in [0.05, 0.1) is 50.7 Å². The molecule has 0 radical (unpaired) electrons. The highest BCUT2D eigenvalue weighted by Gasteiger charge is 2.31. The molecule has 1 aromatic heterocycles. The predicted molar refractivity (Wildman–Crippen MR) is 106 cm³/mol. The molecule has 8 nitrogen and oxygen atoms in total. The van der Waals surface area contributed by atoms with Gasteiger partial charge in [-0.05, 0) is 12.8 Å². The molecule has 2 aliphatic heterocycles. The molecule has 3 rings (SSSR count). The summed E-state index contributed by atoms with van der Waals surface area (Å²) in [6.07, 6.45) is 0. The SMILES string of the molecule is Cc1nn(CC(C)C)c(Cl)c1C(=O)N1CC[NH+](CC(=O)N2CCOCC2)CC1. The van der Waals surface area contributed by atoms with Crippen molar-refractivity contribution in [1.82, 2.24) is 19.6 Å². The lowest BCUT2D eigenvalue weighted by molar-refractivity contribution is -0.896.